The van der Waals surface area contributed by atoms with Crippen LogP contribution >= 0.6 is 11.6 Å². The molecule has 1 aromatic carbocycles. The van der Waals surface area contributed by atoms with E-state index in [1.54, 1.807) is 12.1 Å². The maximum Gasteiger partial charge on any atom is 0.267 e. The molecule has 0 saturated heterocycles. The standard InChI is InChI=1S/C12H11ClN4O2/c13-8-3-4-10(9(14)6-8)16-11(18)7-17-12(19)2-1-5-15-17/h1-6H,7,14H2,(H,16,18). The zero-order valence-corrected chi connectivity index (χ0v) is 10.6. The molecule has 0 unspecified atom stereocenters. The first-order chi connectivity index (χ1) is 9.06. The lowest BCUT2D eigenvalue weighted by Crippen LogP contribution is -2.28. The van der Waals surface area contributed by atoms with Gasteiger partial charge >= 0.3 is 0 Å². The number of hydrogen-bond acceptors (Lipinski definition) is 4. The quantitative estimate of drug-likeness (QED) is 0.823. The number of nitrogens with zero attached hydrogens (tertiary/aromatic N) is 2. The first-order valence-electron chi connectivity index (χ1n) is 5.43. The van der Waals surface area contributed by atoms with Crippen molar-refractivity contribution < 1.29 is 4.79 Å². The molecule has 0 fully saturated rings. The molecular formula is C12H11ClN4O2. The molecule has 2 aromatic rings. The number of halogens is 1. The summed E-state index contributed by atoms with van der Waals surface area (Å²) in [6, 6.07) is 7.58. The summed E-state index contributed by atoms with van der Waals surface area (Å²) in [4.78, 5) is 23.2. The molecule has 0 aliphatic rings. The lowest BCUT2D eigenvalue weighted by atomic mass is 10.2. The van der Waals surface area contributed by atoms with Crippen molar-refractivity contribution in [2.75, 3.05) is 11.1 Å². The summed E-state index contributed by atoms with van der Waals surface area (Å²) in [5.74, 6) is -0.394. The molecule has 98 valence electrons. The van der Waals surface area contributed by atoms with Crippen molar-refractivity contribution in [1.82, 2.24) is 9.78 Å². The lowest BCUT2D eigenvalue weighted by molar-refractivity contribution is -0.117. The fourth-order valence-corrected chi connectivity index (χ4v) is 1.66. The fraction of sp³-hybridized carbons (Fsp3) is 0.0833. The molecule has 7 heteroatoms. The molecule has 1 heterocycles. The van der Waals surface area contributed by atoms with Crippen LogP contribution in [0.4, 0.5) is 11.4 Å². The van der Waals surface area contributed by atoms with Gasteiger partial charge in [0, 0.05) is 17.3 Å². The zero-order chi connectivity index (χ0) is 13.8. The van der Waals surface area contributed by atoms with Crippen molar-refractivity contribution in [3.8, 4) is 0 Å². The summed E-state index contributed by atoms with van der Waals surface area (Å²) < 4.78 is 1.06. The van der Waals surface area contributed by atoms with Crippen LogP contribution in [0.1, 0.15) is 0 Å². The highest BCUT2D eigenvalue weighted by molar-refractivity contribution is 6.31. The predicted octanol–water partition coefficient (Wildman–Crippen LogP) is 1.12. The van der Waals surface area contributed by atoms with E-state index in [-0.39, 0.29) is 12.1 Å². The number of nitrogens with one attached hydrogen (secondary N) is 1. The number of rotatable bonds is 3. The van der Waals surface area contributed by atoms with Crippen LogP contribution < -0.4 is 16.6 Å². The van der Waals surface area contributed by atoms with Crippen LogP contribution in [-0.4, -0.2) is 15.7 Å². The van der Waals surface area contributed by atoms with Gasteiger partial charge in [-0.3, -0.25) is 9.59 Å². The minimum Gasteiger partial charge on any atom is -0.397 e. The predicted molar refractivity (Wildman–Crippen MR) is 73.0 cm³/mol. The fourth-order valence-electron chi connectivity index (χ4n) is 1.48. The number of benzene rings is 1. The first-order valence-corrected chi connectivity index (χ1v) is 5.81. The van der Waals surface area contributed by atoms with Crippen molar-refractivity contribution in [2.45, 2.75) is 6.54 Å². The molecule has 0 radical (unpaired) electrons. The van der Waals surface area contributed by atoms with Crippen LogP contribution in [0.2, 0.25) is 5.02 Å². The Balaban J connectivity index is 2.10. The smallest absolute Gasteiger partial charge is 0.267 e. The van der Waals surface area contributed by atoms with Gasteiger partial charge in [0.2, 0.25) is 5.91 Å². The SMILES string of the molecule is Nc1cc(Cl)ccc1NC(=O)Cn1ncccc1=O. The molecule has 0 atom stereocenters. The number of nitrogen functional groups attached to an aromatic ring is 1. The van der Waals surface area contributed by atoms with Gasteiger partial charge in [0.15, 0.2) is 0 Å². The lowest BCUT2D eigenvalue weighted by Gasteiger charge is -2.08. The molecule has 2 rings (SSSR count). The van der Waals surface area contributed by atoms with Crippen LogP contribution in [0.25, 0.3) is 0 Å². The summed E-state index contributed by atoms with van der Waals surface area (Å²) in [5.41, 5.74) is 6.16. The monoisotopic (exact) mass is 278 g/mol. The van der Waals surface area contributed by atoms with Crippen molar-refractivity contribution in [3.63, 3.8) is 0 Å². The Bertz CT molecular complexity index is 669. The molecule has 1 amide bonds. The Hall–Kier alpha value is -2.34. The number of aromatic nitrogens is 2. The number of anilines is 2. The number of amides is 1. The van der Waals surface area contributed by atoms with E-state index in [1.165, 1.54) is 24.4 Å². The van der Waals surface area contributed by atoms with Gasteiger partial charge in [-0.1, -0.05) is 11.6 Å². The Morgan fingerprint density at radius 2 is 2.21 bits per heavy atom. The highest BCUT2D eigenvalue weighted by Crippen LogP contribution is 2.22. The second-order valence-electron chi connectivity index (χ2n) is 3.80. The summed E-state index contributed by atoms with van der Waals surface area (Å²) in [6.45, 7) is -0.179. The highest BCUT2D eigenvalue weighted by atomic mass is 35.5. The van der Waals surface area contributed by atoms with Crippen molar-refractivity contribution in [3.05, 3.63) is 51.9 Å². The van der Waals surface area contributed by atoms with E-state index in [1.807, 2.05) is 0 Å². The summed E-state index contributed by atoms with van der Waals surface area (Å²) in [6.07, 6.45) is 1.44. The largest absolute Gasteiger partial charge is 0.397 e. The molecule has 19 heavy (non-hydrogen) atoms. The average molecular weight is 279 g/mol. The Morgan fingerprint density at radius 3 is 2.89 bits per heavy atom. The normalized spacial score (nSPS) is 10.2. The van der Waals surface area contributed by atoms with Crippen LogP contribution in [0.3, 0.4) is 0 Å². The van der Waals surface area contributed by atoms with Crippen LogP contribution in [0, 0.1) is 0 Å². The molecule has 1 aromatic heterocycles. The van der Waals surface area contributed by atoms with Gasteiger partial charge in [0.05, 0.1) is 11.4 Å². The third kappa shape index (κ3) is 3.32. The summed E-state index contributed by atoms with van der Waals surface area (Å²) >= 11 is 5.76. The van der Waals surface area contributed by atoms with Gasteiger partial charge in [-0.25, -0.2) is 4.68 Å². The van der Waals surface area contributed by atoms with Gasteiger partial charge in [-0.05, 0) is 24.3 Å². The van der Waals surface area contributed by atoms with Crippen molar-refractivity contribution in [2.24, 2.45) is 0 Å². The molecule has 0 spiro atoms. The van der Waals surface area contributed by atoms with Gasteiger partial charge in [-0.15, -0.1) is 0 Å². The third-order valence-corrected chi connectivity index (χ3v) is 2.60. The molecule has 6 nitrogen and oxygen atoms in total. The van der Waals surface area contributed by atoms with E-state index in [9.17, 15) is 9.59 Å². The topological polar surface area (TPSA) is 90.0 Å². The molecule has 3 N–H and O–H groups in total. The number of carbonyl (C=O) groups is 1. The third-order valence-electron chi connectivity index (χ3n) is 2.37. The van der Waals surface area contributed by atoms with Crippen molar-refractivity contribution in [1.29, 1.82) is 0 Å². The number of nitrogens with two attached hydrogens (primary N) is 1. The van der Waals surface area contributed by atoms with Gasteiger partial charge in [0.25, 0.3) is 5.56 Å². The minimum atomic E-state index is -0.394. The number of carbonyl (C=O) groups excluding carboxylic acids is 1. The van der Waals surface area contributed by atoms with Gasteiger partial charge < -0.3 is 11.1 Å². The second kappa shape index (κ2) is 5.53. The second-order valence-corrected chi connectivity index (χ2v) is 4.24. The van der Waals surface area contributed by atoms with Crippen molar-refractivity contribution >= 4 is 28.9 Å². The number of hydrogen-bond donors (Lipinski definition) is 2. The minimum absolute atomic E-state index is 0.179. The van der Waals surface area contributed by atoms with Crippen LogP contribution in [0.5, 0.6) is 0 Å². The van der Waals surface area contributed by atoms with E-state index in [0.717, 1.165) is 4.68 Å². The Morgan fingerprint density at radius 1 is 1.42 bits per heavy atom. The van der Waals surface area contributed by atoms with Gasteiger partial charge in [0.1, 0.15) is 6.54 Å². The molecule has 0 aliphatic carbocycles. The van der Waals surface area contributed by atoms with Crippen LogP contribution in [-0.2, 0) is 11.3 Å². The van der Waals surface area contributed by atoms with Gasteiger partial charge in [-0.2, -0.15) is 5.10 Å². The van der Waals surface area contributed by atoms with E-state index in [2.05, 4.69) is 10.4 Å². The molecular weight excluding hydrogens is 268 g/mol. The molecule has 0 saturated carbocycles. The summed E-state index contributed by atoms with van der Waals surface area (Å²) in [7, 11) is 0. The first kappa shape index (κ1) is 13.1. The van der Waals surface area contributed by atoms with E-state index >= 15 is 0 Å². The van der Waals surface area contributed by atoms with E-state index in [4.69, 9.17) is 17.3 Å². The van der Waals surface area contributed by atoms with Crippen LogP contribution in [0.15, 0.2) is 41.3 Å². The molecule has 0 bridgehead atoms. The Kier molecular flexibility index (Phi) is 3.82. The van der Waals surface area contributed by atoms with E-state index < -0.39 is 5.91 Å². The average Bonchev–Trinajstić information content (AvgIpc) is 2.36. The summed E-state index contributed by atoms with van der Waals surface area (Å²) in [5, 5.41) is 6.86. The Labute approximate surface area is 113 Å². The van der Waals surface area contributed by atoms with E-state index in [0.29, 0.717) is 16.4 Å². The maximum absolute atomic E-state index is 11.8. The maximum atomic E-state index is 11.8. The molecule has 0 aliphatic heterocycles. The zero-order valence-electron chi connectivity index (χ0n) is 9.84. The highest BCUT2D eigenvalue weighted by Gasteiger charge is 2.07.